The zero-order valence-electron chi connectivity index (χ0n) is 11.7. The van der Waals surface area contributed by atoms with Gasteiger partial charge in [0.2, 0.25) is 0 Å². The first-order chi connectivity index (χ1) is 8.13. The van der Waals surface area contributed by atoms with Crippen molar-refractivity contribution >= 4 is 0 Å². The molecule has 0 bridgehead atoms. The summed E-state index contributed by atoms with van der Waals surface area (Å²) in [7, 11) is 0. The number of hydrogen-bond acceptors (Lipinski definition) is 3. The fraction of sp³-hybridized carbons (Fsp3) is 0.769. The van der Waals surface area contributed by atoms with Crippen molar-refractivity contribution in [3.63, 3.8) is 0 Å². The summed E-state index contributed by atoms with van der Waals surface area (Å²) < 4.78 is 5.92. The van der Waals surface area contributed by atoms with Crippen molar-refractivity contribution in [3.05, 3.63) is 11.4 Å². The molecule has 1 N–H and O–H groups in total. The summed E-state index contributed by atoms with van der Waals surface area (Å²) >= 11 is 0. The Labute approximate surface area is 104 Å². The topological polar surface area (TPSA) is 39.1 Å². The van der Waals surface area contributed by atoms with E-state index in [9.17, 15) is 0 Å². The van der Waals surface area contributed by atoms with Crippen molar-refractivity contribution < 1.29 is 4.74 Å². The van der Waals surface area contributed by atoms with Crippen LogP contribution in [0.2, 0.25) is 0 Å². The summed E-state index contributed by atoms with van der Waals surface area (Å²) in [6.45, 7) is 12.1. The number of rotatable bonds is 7. The minimum atomic E-state index is 0.635. The molecule has 0 unspecified atom stereocenters. The first-order valence-electron chi connectivity index (χ1n) is 6.56. The lowest BCUT2D eigenvalue weighted by atomic mass is 10.1. The van der Waals surface area contributed by atoms with E-state index in [1.165, 1.54) is 0 Å². The van der Waals surface area contributed by atoms with Gasteiger partial charge in [0, 0.05) is 6.54 Å². The van der Waals surface area contributed by atoms with Gasteiger partial charge in [-0.15, -0.1) is 0 Å². The number of nitrogens with zero attached hydrogens (tertiary/aromatic N) is 2. The Morgan fingerprint density at radius 1 is 1.24 bits per heavy atom. The second-order valence-electron chi connectivity index (χ2n) is 4.42. The van der Waals surface area contributed by atoms with Gasteiger partial charge >= 0.3 is 0 Å². The molecule has 0 saturated carbocycles. The molecule has 0 spiro atoms. The van der Waals surface area contributed by atoms with Gasteiger partial charge in [0.05, 0.1) is 6.61 Å². The molecule has 17 heavy (non-hydrogen) atoms. The Morgan fingerprint density at radius 2 is 1.88 bits per heavy atom. The molecular formula is C13H25N3O. The van der Waals surface area contributed by atoms with E-state index < -0.39 is 0 Å². The lowest BCUT2D eigenvalue weighted by Crippen LogP contribution is -2.17. The first kappa shape index (κ1) is 13.9. The molecule has 1 heterocycles. The maximum atomic E-state index is 5.92. The number of aryl methyl sites for hydroxylation is 1. The second-order valence-corrected chi connectivity index (χ2v) is 4.42. The monoisotopic (exact) mass is 239 g/mol. The van der Waals surface area contributed by atoms with E-state index in [4.69, 9.17) is 4.74 Å². The van der Waals surface area contributed by atoms with E-state index in [0.717, 1.165) is 43.1 Å². The van der Waals surface area contributed by atoms with Crippen LogP contribution >= 0.6 is 0 Å². The predicted octanol–water partition coefficient (Wildman–Crippen LogP) is 2.88. The van der Waals surface area contributed by atoms with Crippen LogP contribution in [-0.4, -0.2) is 23.0 Å². The van der Waals surface area contributed by atoms with Crippen LogP contribution in [-0.2, 0) is 0 Å². The minimum absolute atomic E-state index is 0.635. The number of aromatic nitrogens is 2. The molecule has 0 aromatic carbocycles. The number of nitrogens with one attached hydrogen (secondary N) is 1. The molecule has 0 aliphatic heterocycles. The highest BCUT2D eigenvalue weighted by Crippen LogP contribution is 2.22. The third-order valence-electron chi connectivity index (χ3n) is 3.15. The summed E-state index contributed by atoms with van der Waals surface area (Å²) in [5.74, 6) is 1.56. The highest BCUT2D eigenvalue weighted by Gasteiger charge is 2.14. The third kappa shape index (κ3) is 3.38. The summed E-state index contributed by atoms with van der Waals surface area (Å²) in [6, 6.07) is 0. The van der Waals surface area contributed by atoms with Crippen LogP contribution in [0.3, 0.4) is 0 Å². The van der Waals surface area contributed by atoms with E-state index >= 15 is 0 Å². The van der Waals surface area contributed by atoms with Gasteiger partial charge in [0.1, 0.15) is 11.4 Å². The Balaban J connectivity index is 2.70. The zero-order chi connectivity index (χ0) is 12.8. The molecule has 0 saturated heterocycles. The third-order valence-corrected chi connectivity index (χ3v) is 3.15. The molecule has 4 heteroatoms. The van der Waals surface area contributed by atoms with Gasteiger partial charge in [-0.3, -0.25) is 0 Å². The van der Waals surface area contributed by atoms with Gasteiger partial charge in [-0.2, -0.15) is 9.89 Å². The standard InChI is InChI=1S/C13H25N3O/c1-6-12(7-2)9-17-13-10(4)15-16(11(13)5)14-8-3/h12,14H,6-9H2,1-5H3. The van der Waals surface area contributed by atoms with Gasteiger partial charge < -0.3 is 10.2 Å². The molecule has 0 aliphatic carbocycles. The Kier molecular flexibility index (Phi) is 5.32. The van der Waals surface area contributed by atoms with Crippen molar-refractivity contribution in [1.29, 1.82) is 0 Å². The molecular weight excluding hydrogens is 214 g/mol. The average Bonchev–Trinajstić information content (AvgIpc) is 2.58. The van der Waals surface area contributed by atoms with Crippen molar-refractivity contribution in [2.45, 2.75) is 47.5 Å². The highest BCUT2D eigenvalue weighted by atomic mass is 16.5. The second kappa shape index (κ2) is 6.52. The quantitative estimate of drug-likeness (QED) is 0.795. The van der Waals surface area contributed by atoms with E-state index in [-0.39, 0.29) is 0 Å². The van der Waals surface area contributed by atoms with Crippen LogP contribution in [0, 0.1) is 19.8 Å². The van der Waals surface area contributed by atoms with Crippen LogP contribution in [0.1, 0.15) is 45.0 Å². The molecule has 0 fully saturated rings. The molecule has 1 aromatic rings. The van der Waals surface area contributed by atoms with Crippen LogP contribution in [0.15, 0.2) is 0 Å². The lowest BCUT2D eigenvalue weighted by Gasteiger charge is -2.14. The normalized spacial score (nSPS) is 10.9. The maximum absolute atomic E-state index is 5.92. The maximum Gasteiger partial charge on any atom is 0.165 e. The van der Waals surface area contributed by atoms with Gasteiger partial charge in [-0.25, -0.2) is 0 Å². The largest absolute Gasteiger partial charge is 0.489 e. The molecule has 4 nitrogen and oxygen atoms in total. The van der Waals surface area contributed by atoms with Crippen LogP contribution < -0.4 is 10.2 Å². The van der Waals surface area contributed by atoms with E-state index in [0.29, 0.717) is 5.92 Å². The van der Waals surface area contributed by atoms with E-state index in [1.807, 2.05) is 13.8 Å². The zero-order valence-corrected chi connectivity index (χ0v) is 11.7. The molecule has 0 aliphatic rings. The Morgan fingerprint density at radius 3 is 2.41 bits per heavy atom. The molecule has 0 amide bonds. The highest BCUT2D eigenvalue weighted by molar-refractivity contribution is 5.32. The van der Waals surface area contributed by atoms with Crippen molar-refractivity contribution in [2.75, 3.05) is 18.6 Å². The van der Waals surface area contributed by atoms with Crippen molar-refractivity contribution in [2.24, 2.45) is 5.92 Å². The number of ether oxygens (including phenoxy) is 1. The van der Waals surface area contributed by atoms with Crippen LogP contribution in [0.25, 0.3) is 0 Å². The molecule has 98 valence electrons. The van der Waals surface area contributed by atoms with Gasteiger partial charge in [0.25, 0.3) is 0 Å². The first-order valence-corrected chi connectivity index (χ1v) is 6.56. The van der Waals surface area contributed by atoms with E-state index in [2.05, 4.69) is 31.3 Å². The predicted molar refractivity (Wildman–Crippen MR) is 71.2 cm³/mol. The van der Waals surface area contributed by atoms with Crippen molar-refractivity contribution in [3.8, 4) is 5.75 Å². The molecule has 1 aromatic heterocycles. The summed E-state index contributed by atoms with van der Waals surface area (Å²) in [5, 5.41) is 4.41. The molecule has 0 radical (unpaired) electrons. The summed E-state index contributed by atoms with van der Waals surface area (Å²) in [6.07, 6.45) is 2.33. The minimum Gasteiger partial charge on any atom is -0.489 e. The molecule has 0 atom stereocenters. The summed E-state index contributed by atoms with van der Waals surface area (Å²) in [4.78, 5) is 1.80. The Hall–Kier alpha value is -1.19. The van der Waals surface area contributed by atoms with Crippen LogP contribution in [0.4, 0.5) is 0 Å². The van der Waals surface area contributed by atoms with E-state index in [1.54, 1.807) is 4.79 Å². The fourth-order valence-electron chi connectivity index (χ4n) is 1.87. The average molecular weight is 239 g/mol. The fourth-order valence-corrected chi connectivity index (χ4v) is 1.87. The SMILES string of the molecule is CCNn1nc(C)c(OCC(CC)CC)c1C. The summed E-state index contributed by atoms with van der Waals surface area (Å²) in [5.41, 5.74) is 5.18. The van der Waals surface area contributed by atoms with Gasteiger partial charge in [-0.1, -0.05) is 26.7 Å². The van der Waals surface area contributed by atoms with Crippen LogP contribution in [0.5, 0.6) is 5.75 Å². The molecule has 1 rings (SSSR count). The lowest BCUT2D eigenvalue weighted by molar-refractivity contribution is 0.238. The smallest absolute Gasteiger partial charge is 0.165 e. The van der Waals surface area contributed by atoms with Gasteiger partial charge in [0.15, 0.2) is 5.75 Å². The Bertz CT molecular complexity index is 343. The number of hydrogen-bond donors (Lipinski definition) is 1. The van der Waals surface area contributed by atoms with Crippen molar-refractivity contribution in [1.82, 2.24) is 9.89 Å². The van der Waals surface area contributed by atoms with Gasteiger partial charge in [-0.05, 0) is 26.7 Å².